The van der Waals surface area contributed by atoms with Gasteiger partial charge in [-0.2, -0.15) is 0 Å². The Morgan fingerprint density at radius 1 is 1.06 bits per heavy atom. The summed E-state index contributed by atoms with van der Waals surface area (Å²) in [7, 11) is 0. The van der Waals surface area contributed by atoms with Crippen molar-refractivity contribution in [2.75, 3.05) is 11.5 Å². The van der Waals surface area contributed by atoms with Crippen molar-refractivity contribution in [1.82, 2.24) is 5.32 Å². The smallest absolute Gasteiger partial charge is 0.327 e. The maximum Gasteiger partial charge on any atom is 0.327 e. The molecule has 2 aromatic carbocycles. The number of amides is 2. The van der Waals surface area contributed by atoms with Gasteiger partial charge in [0.15, 0.2) is 5.54 Å². The summed E-state index contributed by atoms with van der Waals surface area (Å²) in [5, 5.41) is 23.4. The number of imide groups is 1. The quantitative estimate of drug-likeness (QED) is 0.584. The van der Waals surface area contributed by atoms with Crippen LogP contribution in [0.4, 0.5) is 5.69 Å². The Labute approximate surface area is 193 Å². The van der Waals surface area contributed by atoms with Crippen LogP contribution in [0.3, 0.4) is 0 Å². The lowest BCUT2D eigenvalue weighted by Crippen LogP contribution is -2.58. The molecule has 0 spiro atoms. The summed E-state index contributed by atoms with van der Waals surface area (Å²) in [6, 6.07) is 10.8. The van der Waals surface area contributed by atoms with E-state index in [1.165, 1.54) is 4.90 Å². The Morgan fingerprint density at radius 3 is 2.24 bits per heavy atom. The molecule has 4 unspecified atom stereocenters. The van der Waals surface area contributed by atoms with Gasteiger partial charge in [0.25, 0.3) is 0 Å². The fourth-order valence-corrected chi connectivity index (χ4v) is 5.50. The topological polar surface area (TPSA) is 107 Å². The standard InChI is InChI=1S/C26H30N2O5/c1-5-16-8-7-9-17(6-2)22(16)28-23(30)19-20(24(28)31)26(13-29,25(32)33)27-21(19)18-12-14(3)10-11-15(18)4/h7-12,19-21,27,29H,5-6,13H2,1-4H3,(H,32,33). The van der Waals surface area contributed by atoms with Gasteiger partial charge < -0.3 is 10.2 Å². The zero-order valence-corrected chi connectivity index (χ0v) is 19.4. The second-order valence-electron chi connectivity index (χ2n) is 9.06. The normalized spacial score (nSPS) is 26.7. The van der Waals surface area contributed by atoms with E-state index in [2.05, 4.69) is 5.32 Å². The molecule has 0 saturated carbocycles. The lowest BCUT2D eigenvalue weighted by atomic mass is 9.79. The highest BCUT2D eigenvalue weighted by atomic mass is 16.4. The van der Waals surface area contributed by atoms with E-state index in [0.29, 0.717) is 18.5 Å². The summed E-state index contributed by atoms with van der Waals surface area (Å²) < 4.78 is 0. The highest BCUT2D eigenvalue weighted by molar-refractivity contribution is 6.25. The van der Waals surface area contributed by atoms with Crippen molar-refractivity contribution in [3.05, 3.63) is 64.2 Å². The minimum absolute atomic E-state index is 0.421. The van der Waals surface area contributed by atoms with E-state index in [9.17, 15) is 24.6 Å². The van der Waals surface area contributed by atoms with Crippen LogP contribution in [0.1, 0.15) is 47.7 Å². The third kappa shape index (κ3) is 3.30. The SMILES string of the molecule is CCc1cccc(CC)c1N1C(=O)C2C(c3cc(C)ccc3C)NC(CO)(C(=O)O)C2C1=O. The van der Waals surface area contributed by atoms with Crippen LogP contribution in [-0.2, 0) is 27.2 Å². The molecule has 2 heterocycles. The average Bonchev–Trinajstić information content (AvgIpc) is 3.29. The van der Waals surface area contributed by atoms with E-state index >= 15 is 0 Å². The summed E-state index contributed by atoms with van der Waals surface area (Å²) in [5.74, 6) is -4.48. The predicted octanol–water partition coefficient (Wildman–Crippen LogP) is 2.69. The fourth-order valence-electron chi connectivity index (χ4n) is 5.50. The molecule has 4 rings (SSSR count). The zero-order valence-electron chi connectivity index (χ0n) is 19.4. The first-order chi connectivity index (χ1) is 15.7. The van der Waals surface area contributed by atoms with Gasteiger partial charge in [0.2, 0.25) is 11.8 Å². The highest BCUT2D eigenvalue weighted by Crippen LogP contribution is 2.51. The van der Waals surface area contributed by atoms with Crippen molar-refractivity contribution in [2.45, 2.75) is 52.1 Å². The van der Waals surface area contributed by atoms with Crippen LogP contribution >= 0.6 is 0 Å². The summed E-state index contributed by atoms with van der Waals surface area (Å²) in [5.41, 5.74) is 2.95. The Kier molecular flexibility index (Phi) is 5.88. The number of carbonyl (C=O) groups is 3. The largest absolute Gasteiger partial charge is 0.480 e. The number of anilines is 1. The summed E-state index contributed by atoms with van der Waals surface area (Å²) >= 11 is 0. The molecule has 2 aliphatic rings. The second kappa shape index (κ2) is 8.39. The number of aryl methyl sites for hydroxylation is 4. The number of fused-ring (bicyclic) bond motifs is 1. The molecule has 4 atom stereocenters. The zero-order chi connectivity index (χ0) is 24.1. The van der Waals surface area contributed by atoms with Gasteiger partial charge in [0, 0.05) is 6.04 Å². The van der Waals surface area contributed by atoms with Crippen LogP contribution in [0.25, 0.3) is 0 Å². The van der Waals surface area contributed by atoms with Crippen molar-refractivity contribution < 1.29 is 24.6 Å². The van der Waals surface area contributed by atoms with Crippen molar-refractivity contribution in [3.8, 4) is 0 Å². The third-order valence-corrected chi connectivity index (χ3v) is 7.24. The number of carbonyl (C=O) groups excluding carboxylic acids is 2. The lowest BCUT2D eigenvalue weighted by molar-refractivity contribution is -0.150. The van der Waals surface area contributed by atoms with Gasteiger partial charge in [-0.25, -0.2) is 4.90 Å². The Hall–Kier alpha value is -3.03. The Bertz CT molecular complexity index is 1120. The lowest BCUT2D eigenvalue weighted by Gasteiger charge is -2.30. The van der Waals surface area contributed by atoms with Crippen molar-refractivity contribution >= 4 is 23.5 Å². The van der Waals surface area contributed by atoms with Crippen LogP contribution in [0.5, 0.6) is 0 Å². The van der Waals surface area contributed by atoms with Gasteiger partial charge in [-0.05, 0) is 48.9 Å². The van der Waals surface area contributed by atoms with Gasteiger partial charge >= 0.3 is 5.97 Å². The van der Waals surface area contributed by atoms with Crippen molar-refractivity contribution in [1.29, 1.82) is 0 Å². The van der Waals surface area contributed by atoms with Crippen LogP contribution in [0.2, 0.25) is 0 Å². The summed E-state index contributed by atoms with van der Waals surface area (Å²) in [6.07, 6.45) is 1.25. The van der Waals surface area contributed by atoms with Gasteiger partial charge in [-0.1, -0.05) is 55.8 Å². The first-order valence-corrected chi connectivity index (χ1v) is 11.4. The minimum atomic E-state index is -1.94. The van der Waals surface area contributed by atoms with Gasteiger partial charge in [0.05, 0.1) is 24.1 Å². The minimum Gasteiger partial charge on any atom is -0.480 e. The monoisotopic (exact) mass is 450 g/mol. The number of hydrogen-bond donors (Lipinski definition) is 3. The van der Waals surface area contributed by atoms with Gasteiger partial charge in [-0.3, -0.25) is 19.7 Å². The number of nitrogens with one attached hydrogen (secondary N) is 1. The van der Waals surface area contributed by atoms with Crippen LogP contribution < -0.4 is 10.2 Å². The molecule has 2 fully saturated rings. The molecule has 0 aliphatic carbocycles. The number of carboxylic acid groups (broad SMARTS) is 1. The summed E-state index contributed by atoms with van der Waals surface area (Å²) in [6.45, 7) is 6.93. The highest BCUT2D eigenvalue weighted by Gasteiger charge is 2.69. The van der Waals surface area contributed by atoms with Crippen LogP contribution in [-0.4, -0.2) is 40.1 Å². The number of hydrogen-bond acceptors (Lipinski definition) is 5. The van der Waals surface area contributed by atoms with Crippen molar-refractivity contribution in [2.24, 2.45) is 11.8 Å². The van der Waals surface area contributed by atoms with E-state index in [4.69, 9.17) is 0 Å². The molecule has 2 amide bonds. The van der Waals surface area contributed by atoms with E-state index in [0.717, 1.165) is 27.8 Å². The molecular formula is C26H30N2O5. The number of nitrogens with zero attached hydrogens (tertiary/aromatic N) is 1. The molecule has 2 aliphatic heterocycles. The number of para-hydroxylation sites is 1. The maximum atomic E-state index is 13.9. The fraction of sp³-hybridized carbons (Fsp3) is 0.423. The van der Waals surface area contributed by atoms with E-state index in [-0.39, 0.29) is 0 Å². The second-order valence-corrected chi connectivity index (χ2v) is 9.06. The van der Waals surface area contributed by atoms with Crippen molar-refractivity contribution in [3.63, 3.8) is 0 Å². The van der Waals surface area contributed by atoms with E-state index in [1.807, 2.05) is 64.1 Å². The first-order valence-electron chi connectivity index (χ1n) is 11.4. The van der Waals surface area contributed by atoms with Gasteiger partial charge in [-0.15, -0.1) is 0 Å². The number of benzene rings is 2. The maximum absolute atomic E-state index is 13.9. The Morgan fingerprint density at radius 2 is 1.70 bits per heavy atom. The predicted molar refractivity (Wildman–Crippen MR) is 124 cm³/mol. The number of carboxylic acids is 1. The van der Waals surface area contributed by atoms with E-state index in [1.54, 1.807) is 0 Å². The molecular weight excluding hydrogens is 420 g/mol. The number of rotatable bonds is 6. The first kappa shape index (κ1) is 23.1. The molecule has 174 valence electrons. The molecule has 7 heteroatoms. The third-order valence-electron chi connectivity index (χ3n) is 7.24. The number of aliphatic hydroxyl groups is 1. The molecule has 0 aromatic heterocycles. The molecule has 33 heavy (non-hydrogen) atoms. The molecule has 2 saturated heterocycles. The molecule has 7 nitrogen and oxygen atoms in total. The molecule has 0 bridgehead atoms. The summed E-state index contributed by atoms with van der Waals surface area (Å²) in [4.78, 5) is 41.4. The average molecular weight is 451 g/mol. The number of aliphatic hydroxyl groups excluding tert-OH is 1. The Balaban J connectivity index is 1.93. The van der Waals surface area contributed by atoms with Gasteiger partial charge in [0.1, 0.15) is 0 Å². The number of aliphatic carboxylic acids is 1. The van der Waals surface area contributed by atoms with Crippen LogP contribution in [0.15, 0.2) is 36.4 Å². The van der Waals surface area contributed by atoms with E-state index < -0.39 is 47.8 Å². The van der Waals surface area contributed by atoms with Crippen LogP contribution in [0, 0.1) is 25.7 Å². The molecule has 3 N–H and O–H groups in total. The molecule has 2 aromatic rings. The molecule has 0 radical (unpaired) electrons.